The molecule has 0 amide bonds. The molecule has 0 aromatic heterocycles. The number of ether oxygens (including phenoxy) is 1. The van der Waals surface area contributed by atoms with Gasteiger partial charge in [-0.15, -0.1) is 6.58 Å². The molecule has 0 bridgehead atoms. The molecule has 118 valence electrons. The van der Waals surface area contributed by atoms with E-state index in [2.05, 4.69) is 18.5 Å². The normalized spacial score (nSPS) is 23.1. The summed E-state index contributed by atoms with van der Waals surface area (Å²) in [7, 11) is 2.16. The van der Waals surface area contributed by atoms with Gasteiger partial charge in [0.2, 0.25) is 0 Å². The summed E-state index contributed by atoms with van der Waals surface area (Å²) < 4.78 is 5.98. The van der Waals surface area contributed by atoms with E-state index < -0.39 is 0 Å². The minimum absolute atomic E-state index is 0.511. The predicted molar refractivity (Wildman–Crippen MR) is 86.9 cm³/mol. The van der Waals surface area contributed by atoms with Crippen molar-refractivity contribution in [2.24, 2.45) is 11.7 Å². The molecule has 0 aromatic rings. The van der Waals surface area contributed by atoms with Crippen molar-refractivity contribution in [3.63, 3.8) is 0 Å². The molecular formula is C17H34N2O. The molecule has 0 spiro atoms. The van der Waals surface area contributed by atoms with Gasteiger partial charge in [-0.2, -0.15) is 0 Å². The monoisotopic (exact) mass is 282 g/mol. The third kappa shape index (κ3) is 8.03. The third-order valence-corrected chi connectivity index (χ3v) is 4.36. The van der Waals surface area contributed by atoms with E-state index in [1.165, 1.54) is 57.9 Å². The zero-order valence-corrected chi connectivity index (χ0v) is 13.4. The van der Waals surface area contributed by atoms with Crippen LogP contribution in [0.5, 0.6) is 0 Å². The average molecular weight is 282 g/mol. The molecule has 20 heavy (non-hydrogen) atoms. The van der Waals surface area contributed by atoms with Crippen molar-refractivity contribution in [3.8, 4) is 0 Å². The number of rotatable bonds is 11. The summed E-state index contributed by atoms with van der Waals surface area (Å²) in [6.45, 7) is 7.73. The maximum atomic E-state index is 5.98. The lowest BCUT2D eigenvalue weighted by molar-refractivity contribution is 0.0170. The van der Waals surface area contributed by atoms with E-state index in [4.69, 9.17) is 10.5 Å². The van der Waals surface area contributed by atoms with Gasteiger partial charge in [0, 0.05) is 13.2 Å². The number of nitrogens with zero attached hydrogens (tertiary/aromatic N) is 1. The minimum Gasteiger partial charge on any atom is -0.378 e. The fraction of sp³-hybridized carbons (Fsp3) is 0.882. The van der Waals surface area contributed by atoms with E-state index in [9.17, 15) is 0 Å². The minimum atomic E-state index is 0.511. The molecule has 0 heterocycles. The fourth-order valence-electron chi connectivity index (χ4n) is 2.93. The zero-order valence-electron chi connectivity index (χ0n) is 13.4. The van der Waals surface area contributed by atoms with Gasteiger partial charge in [0.05, 0.1) is 6.10 Å². The highest BCUT2D eigenvalue weighted by Gasteiger charge is 2.20. The van der Waals surface area contributed by atoms with Gasteiger partial charge < -0.3 is 15.4 Å². The first-order chi connectivity index (χ1) is 9.76. The first-order valence-electron chi connectivity index (χ1n) is 8.37. The van der Waals surface area contributed by atoms with Crippen molar-refractivity contribution >= 4 is 0 Å². The van der Waals surface area contributed by atoms with E-state index in [0.717, 1.165) is 25.6 Å². The van der Waals surface area contributed by atoms with Gasteiger partial charge in [0.15, 0.2) is 0 Å². The Hall–Kier alpha value is -0.380. The molecular weight excluding hydrogens is 248 g/mol. The molecule has 0 radical (unpaired) electrons. The molecule has 3 nitrogen and oxygen atoms in total. The van der Waals surface area contributed by atoms with E-state index in [1.54, 1.807) is 0 Å². The van der Waals surface area contributed by atoms with Crippen LogP contribution >= 0.6 is 0 Å². The molecule has 3 heteroatoms. The van der Waals surface area contributed by atoms with E-state index in [1.807, 2.05) is 6.08 Å². The first-order valence-corrected chi connectivity index (χ1v) is 8.37. The van der Waals surface area contributed by atoms with Gasteiger partial charge in [-0.3, -0.25) is 0 Å². The average Bonchev–Trinajstić information content (AvgIpc) is 2.47. The van der Waals surface area contributed by atoms with Crippen LogP contribution in [0.3, 0.4) is 0 Å². The van der Waals surface area contributed by atoms with Gasteiger partial charge in [0.1, 0.15) is 0 Å². The van der Waals surface area contributed by atoms with Crippen molar-refractivity contribution in [2.45, 2.75) is 57.5 Å². The van der Waals surface area contributed by atoms with E-state index in [-0.39, 0.29) is 0 Å². The SMILES string of the molecule is C=CCN(C)CCCCCCO[C@H]1CC[C@H](CN)CC1. The van der Waals surface area contributed by atoms with Gasteiger partial charge in [-0.1, -0.05) is 18.9 Å². The van der Waals surface area contributed by atoms with Crippen LogP contribution in [0.1, 0.15) is 51.4 Å². The van der Waals surface area contributed by atoms with Crippen LogP contribution < -0.4 is 5.73 Å². The number of hydrogen-bond acceptors (Lipinski definition) is 3. The Kier molecular flexibility index (Phi) is 9.98. The van der Waals surface area contributed by atoms with Crippen molar-refractivity contribution in [1.82, 2.24) is 4.90 Å². The maximum Gasteiger partial charge on any atom is 0.0575 e. The second-order valence-electron chi connectivity index (χ2n) is 6.21. The Balaban J connectivity index is 1.86. The molecule has 2 N–H and O–H groups in total. The number of likely N-dealkylation sites (N-methyl/N-ethyl adjacent to an activating group) is 1. The van der Waals surface area contributed by atoms with Crippen LogP contribution in [-0.2, 0) is 4.74 Å². The number of unbranched alkanes of at least 4 members (excludes halogenated alkanes) is 3. The third-order valence-electron chi connectivity index (χ3n) is 4.36. The van der Waals surface area contributed by atoms with Crippen LogP contribution in [-0.4, -0.2) is 44.3 Å². The molecule has 1 rings (SSSR count). The van der Waals surface area contributed by atoms with E-state index >= 15 is 0 Å². The summed E-state index contributed by atoms with van der Waals surface area (Å²) in [5.74, 6) is 0.752. The Morgan fingerprint density at radius 2 is 1.85 bits per heavy atom. The Morgan fingerprint density at radius 1 is 1.15 bits per heavy atom. The second kappa shape index (κ2) is 11.3. The van der Waals surface area contributed by atoms with Crippen molar-refractivity contribution in [3.05, 3.63) is 12.7 Å². The molecule has 0 unspecified atom stereocenters. The lowest BCUT2D eigenvalue weighted by atomic mass is 9.87. The maximum absolute atomic E-state index is 5.98. The first kappa shape index (κ1) is 17.7. The second-order valence-corrected chi connectivity index (χ2v) is 6.21. The summed E-state index contributed by atoms with van der Waals surface area (Å²) in [5, 5.41) is 0. The van der Waals surface area contributed by atoms with Crippen molar-refractivity contribution in [2.75, 3.05) is 33.3 Å². The quantitative estimate of drug-likeness (QED) is 0.467. The topological polar surface area (TPSA) is 38.5 Å². The van der Waals surface area contributed by atoms with Gasteiger partial charge >= 0.3 is 0 Å². The highest BCUT2D eigenvalue weighted by atomic mass is 16.5. The van der Waals surface area contributed by atoms with Crippen LogP contribution in [0.2, 0.25) is 0 Å². The lowest BCUT2D eigenvalue weighted by Gasteiger charge is -2.27. The molecule has 0 saturated heterocycles. The standard InChI is InChI=1S/C17H34N2O/c1-3-12-19(2)13-6-4-5-7-14-20-17-10-8-16(15-18)9-11-17/h3,16-17H,1,4-15,18H2,2H3/t16-,17-. The fourth-order valence-corrected chi connectivity index (χ4v) is 2.93. The zero-order chi connectivity index (χ0) is 14.6. The highest BCUT2D eigenvalue weighted by molar-refractivity contribution is 4.73. The number of nitrogens with two attached hydrogens (primary N) is 1. The summed E-state index contributed by atoms with van der Waals surface area (Å²) >= 11 is 0. The Morgan fingerprint density at radius 3 is 2.50 bits per heavy atom. The molecule has 0 aromatic carbocycles. The molecule has 0 aliphatic heterocycles. The van der Waals surface area contributed by atoms with Crippen LogP contribution in [0.4, 0.5) is 0 Å². The number of hydrogen-bond donors (Lipinski definition) is 1. The molecule has 1 aliphatic carbocycles. The highest BCUT2D eigenvalue weighted by Crippen LogP contribution is 2.25. The van der Waals surface area contributed by atoms with Crippen molar-refractivity contribution < 1.29 is 4.74 Å². The van der Waals surface area contributed by atoms with E-state index in [0.29, 0.717) is 6.10 Å². The summed E-state index contributed by atoms with van der Waals surface area (Å²) in [4.78, 5) is 2.32. The molecule has 1 aliphatic rings. The Labute approximate surface area is 125 Å². The summed E-state index contributed by atoms with van der Waals surface area (Å²) in [5.41, 5.74) is 5.71. The largest absolute Gasteiger partial charge is 0.378 e. The van der Waals surface area contributed by atoms with Crippen molar-refractivity contribution in [1.29, 1.82) is 0 Å². The molecule has 0 atom stereocenters. The van der Waals surface area contributed by atoms with Crippen LogP contribution in [0.25, 0.3) is 0 Å². The molecule has 1 saturated carbocycles. The van der Waals surface area contributed by atoms with Crippen LogP contribution in [0, 0.1) is 5.92 Å². The smallest absolute Gasteiger partial charge is 0.0575 e. The summed E-state index contributed by atoms with van der Waals surface area (Å²) in [6, 6.07) is 0. The predicted octanol–water partition coefficient (Wildman–Crippen LogP) is 3.20. The summed E-state index contributed by atoms with van der Waals surface area (Å²) in [6.07, 6.45) is 12.5. The van der Waals surface area contributed by atoms with Gasteiger partial charge in [0.25, 0.3) is 0 Å². The lowest BCUT2D eigenvalue weighted by Crippen LogP contribution is -2.26. The van der Waals surface area contributed by atoms with Crippen LogP contribution in [0.15, 0.2) is 12.7 Å². The van der Waals surface area contributed by atoms with Gasteiger partial charge in [-0.25, -0.2) is 0 Å². The Bertz CT molecular complexity index is 237. The molecule has 1 fully saturated rings. The van der Waals surface area contributed by atoms with Gasteiger partial charge in [-0.05, 0) is 64.6 Å².